The van der Waals surface area contributed by atoms with Gasteiger partial charge in [-0.05, 0) is 49.3 Å². The van der Waals surface area contributed by atoms with Gasteiger partial charge in [-0.3, -0.25) is 0 Å². The van der Waals surface area contributed by atoms with Crippen molar-refractivity contribution in [1.82, 2.24) is 0 Å². The number of azide groups is 2. The lowest BCUT2D eigenvalue weighted by atomic mass is 10.5. The van der Waals surface area contributed by atoms with Crippen LogP contribution in [0.2, 0.25) is 0 Å². The number of aliphatic hydroxyl groups excluding tert-OH is 2. The average Bonchev–Trinajstić information content (AvgIpc) is 2.38. The van der Waals surface area contributed by atoms with Gasteiger partial charge in [-0.25, -0.2) is 0 Å². The Labute approximate surface area is 126 Å². The van der Waals surface area contributed by atoms with Gasteiger partial charge < -0.3 is 10.2 Å². The van der Waals surface area contributed by atoms with Gasteiger partial charge in [-0.1, -0.05) is 10.2 Å². The highest BCUT2D eigenvalue weighted by Gasteiger charge is 1.82. The Morgan fingerprint density at radius 2 is 1.25 bits per heavy atom. The monoisotopic (exact) mass is 322 g/mol. The first kappa shape index (κ1) is 21.3. The van der Waals surface area contributed by atoms with Crippen LogP contribution in [-0.4, -0.2) is 44.9 Å². The van der Waals surface area contributed by atoms with E-state index in [2.05, 4.69) is 20.1 Å². The van der Waals surface area contributed by atoms with Crippen LogP contribution in [0.4, 0.5) is 0 Å². The van der Waals surface area contributed by atoms with E-state index in [-0.39, 0.29) is 0 Å². The van der Waals surface area contributed by atoms with Crippen molar-refractivity contribution < 1.29 is 10.2 Å². The number of nitrogens with zero attached hydrogens (tertiary/aromatic N) is 6. The molecule has 0 aliphatic rings. The van der Waals surface area contributed by atoms with Crippen LogP contribution in [0, 0.1) is 0 Å². The topological polar surface area (TPSA) is 138 Å². The lowest BCUT2D eigenvalue weighted by Gasteiger charge is -1.89. The Bertz CT molecular complexity index is 355. The fourth-order valence-corrected chi connectivity index (χ4v) is 2.10. The molecule has 0 bridgehead atoms. The van der Waals surface area contributed by atoms with Crippen molar-refractivity contribution in [2.45, 2.75) is 26.7 Å². The van der Waals surface area contributed by atoms with Crippen LogP contribution in [0.5, 0.6) is 0 Å². The molecule has 0 fully saturated rings. The Morgan fingerprint density at radius 3 is 1.50 bits per heavy atom. The van der Waals surface area contributed by atoms with Crippen molar-refractivity contribution in [2.24, 2.45) is 10.2 Å². The summed E-state index contributed by atoms with van der Waals surface area (Å²) < 4.78 is 0. The molecule has 0 spiro atoms. The second-order valence-electron chi connectivity index (χ2n) is 3.47. The summed E-state index contributed by atoms with van der Waals surface area (Å²) in [6, 6.07) is 0. The summed E-state index contributed by atoms with van der Waals surface area (Å²) in [5.41, 5.74) is 15.8. The lowest BCUT2D eigenvalue weighted by Crippen LogP contribution is -1.86. The van der Waals surface area contributed by atoms with Gasteiger partial charge in [-0.2, -0.15) is 22.7 Å². The molecule has 0 aromatic carbocycles. The van der Waals surface area contributed by atoms with Crippen molar-refractivity contribution in [3.63, 3.8) is 0 Å². The first-order valence-electron chi connectivity index (χ1n) is 5.96. The van der Waals surface area contributed by atoms with E-state index in [1.807, 2.05) is 0 Å². The van der Waals surface area contributed by atoms with Crippen molar-refractivity contribution >= 4 is 32.8 Å². The van der Waals surface area contributed by atoms with Crippen molar-refractivity contribution in [2.75, 3.05) is 24.6 Å². The number of thiol groups is 2. The lowest BCUT2D eigenvalue weighted by molar-refractivity contribution is 0.564. The summed E-state index contributed by atoms with van der Waals surface area (Å²) in [7, 11) is 0. The molecule has 0 aliphatic carbocycles. The molecule has 20 heavy (non-hydrogen) atoms. The Hall–Kier alpha value is -1.02. The molecule has 8 nitrogen and oxygen atoms in total. The molecule has 2 N–H and O–H groups in total. The van der Waals surface area contributed by atoms with Crippen LogP contribution >= 0.6 is 22.7 Å². The van der Waals surface area contributed by atoms with E-state index in [9.17, 15) is 0 Å². The number of rotatable bonds is 8. The molecule has 0 aromatic heterocycles. The third-order valence-corrected chi connectivity index (χ3v) is 3.64. The van der Waals surface area contributed by atoms with E-state index in [0.717, 1.165) is 47.0 Å². The number of aliphatic hydroxyl groups is 2. The molecule has 0 saturated heterocycles. The predicted molar refractivity (Wildman–Crippen MR) is 91.6 cm³/mol. The molecule has 0 rings (SSSR count). The first-order valence-corrected chi connectivity index (χ1v) is 8.12. The Kier molecular flexibility index (Phi) is 19.1. The van der Waals surface area contributed by atoms with Gasteiger partial charge >= 0.3 is 0 Å². The second-order valence-corrected chi connectivity index (χ2v) is 6.30. The van der Waals surface area contributed by atoms with E-state index < -0.39 is 0 Å². The van der Waals surface area contributed by atoms with Crippen LogP contribution in [0.25, 0.3) is 20.9 Å². The zero-order valence-electron chi connectivity index (χ0n) is 11.7. The van der Waals surface area contributed by atoms with Gasteiger partial charge in [0.1, 0.15) is 0 Å². The summed E-state index contributed by atoms with van der Waals surface area (Å²) in [6.07, 6.45) is 1.67. The molecule has 0 amide bonds. The molecule has 0 radical (unpaired) electrons. The minimum Gasteiger partial charge on any atom is -0.360 e. The van der Waals surface area contributed by atoms with Crippen molar-refractivity contribution in [3.05, 3.63) is 20.9 Å². The largest absolute Gasteiger partial charge is 0.360 e. The average molecular weight is 322 g/mol. The van der Waals surface area contributed by atoms with Gasteiger partial charge in [0.2, 0.25) is 0 Å². The molecule has 0 aromatic rings. The quantitative estimate of drug-likeness (QED) is 0.135. The fourth-order valence-electron chi connectivity index (χ4n) is 0.854. The second kappa shape index (κ2) is 18.0. The van der Waals surface area contributed by atoms with E-state index in [4.69, 9.17) is 21.3 Å². The van der Waals surface area contributed by atoms with Crippen molar-refractivity contribution in [3.8, 4) is 0 Å². The van der Waals surface area contributed by atoms with Crippen molar-refractivity contribution in [1.29, 1.82) is 0 Å². The maximum absolute atomic E-state index is 8.71. The third kappa shape index (κ3) is 25.7. The molecule has 0 aliphatic heterocycles. The maximum atomic E-state index is 8.71. The smallest absolute Gasteiger partial charge is 0.0663 e. The molecular weight excluding hydrogens is 300 g/mol. The van der Waals surface area contributed by atoms with Gasteiger partial charge in [0.25, 0.3) is 0 Å². The third-order valence-electron chi connectivity index (χ3n) is 1.64. The van der Waals surface area contributed by atoms with Gasteiger partial charge in [-0.15, -0.1) is 0 Å². The van der Waals surface area contributed by atoms with Crippen LogP contribution < -0.4 is 0 Å². The summed E-state index contributed by atoms with van der Waals surface area (Å²) in [5, 5.41) is 25.0. The predicted octanol–water partition coefficient (Wildman–Crippen LogP) is 3.72. The van der Waals surface area contributed by atoms with Gasteiger partial charge in [0, 0.05) is 22.9 Å². The molecule has 0 saturated carbocycles. The van der Waals surface area contributed by atoms with E-state index >= 15 is 0 Å². The molecular formula is C10H22N6O2S2. The van der Waals surface area contributed by atoms with E-state index in [1.165, 1.54) is 0 Å². The maximum Gasteiger partial charge on any atom is 0.0663 e. The van der Waals surface area contributed by atoms with Gasteiger partial charge in [0.05, 0.1) is 10.1 Å². The number of hydrogen-bond acceptors (Lipinski definition) is 2. The molecule has 10 heteroatoms. The fraction of sp³-hybridized carbons (Fsp3) is 0.800. The van der Waals surface area contributed by atoms with Crippen LogP contribution in [0.1, 0.15) is 26.7 Å². The van der Waals surface area contributed by atoms with Crippen LogP contribution in [-0.2, 0) is 0 Å². The Balaban J connectivity index is 0. The normalized spacial score (nSPS) is 11.6. The SMILES string of the molecule is CC(O)=[SH]CCCN=[N+]=[N-].CC(O)=[SH]CCCN=[N+]=[N-]. The highest BCUT2D eigenvalue weighted by atomic mass is 32.1. The minimum absolute atomic E-state index is 0.418. The molecule has 116 valence electrons. The Morgan fingerprint density at radius 1 is 0.900 bits per heavy atom. The minimum atomic E-state index is 0.418. The first-order chi connectivity index (χ1) is 9.54. The standard InChI is InChI=1S/2C5H11N3OS/c2*1-5(9)10-4-2-3-7-8-6/h2*9-10H,2-4H2,1H3. The summed E-state index contributed by atoms with van der Waals surface area (Å²) in [4.78, 5) is 5.21. The van der Waals surface area contributed by atoms with E-state index in [0.29, 0.717) is 23.2 Å². The summed E-state index contributed by atoms with van der Waals surface area (Å²) in [5.74, 6) is 1.72. The molecule has 0 unspecified atom stereocenters. The highest BCUT2D eigenvalue weighted by Crippen LogP contribution is 1.93. The van der Waals surface area contributed by atoms with Crippen LogP contribution in [0.15, 0.2) is 10.2 Å². The molecule has 0 heterocycles. The number of hydrogen-bond donors (Lipinski definition) is 4. The van der Waals surface area contributed by atoms with E-state index in [1.54, 1.807) is 13.8 Å². The summed E-state index contributed by atoms with van der Waals surface area (Å²) in [6.45, 7) is 4.37. The van der Waals surface area contributed by atoms with Gasteiger partial charge in [0.15, 0.2) is 0 Å². The van der Waals surface area contributed by atoms with Crippen LogP contribution in [0.3, 0.4) is 0 Å². The summed E-state index contributed by atoms with van der Waals surface area (Å²) >= 11 is 1.86. The highest BCUT2D eigenvalue weighted by molar-refractivity contribution is 7.98. The zero-order chi connectivity index (χ0) is 15.6. The molecule has 0 atom stereocenters. The zero-order valence-corrected chi connectivity index (χ0v) is 13.5.